The number of halogens is 3. The first-order chi connectivity index (χ1) is 7.55. The largest absolute Gasteiger partial charge is 1.00 e. The number of para-hydroxylation sites is 1. The zero-order valence-corrected chi connectivity index (χ0v) is 13.1. The minimum Gasteiger partial charge on any atom is -0.494 e. The van der Waals surface area contributed by atoms with Gasteiger partial charge in [-0.3, -0.25) is 0 Å². The Morgan fingerprint density at radius 3 is 2.35 bits per heavy atom. The number of rotatable bonds is 6. The van der Waals surface area contributed by atoms with Crippen LogP contribution in [0.4, 0.5) is 12.9 Å². The van der Waals surface area contributed by atoms with Crippen LogP contribution in [0.5, 0.6) is 5.75 Å². The van der Waals surface area contributed by atoms with Gasteiger partial charge in [-0.15, -0.1) is 0 Å². The van der Waals surface area contributed by atoms with E-state index in [0.717, 1.165) is 6.07 Å². The zero-order valence-electron chi connectivity index (χ0n) is 9.96. The van der Waals surface area contributed by atoms with Gasteiger partial charge >= 0.3 is 58.4 Å². The molecule has 0 aliphatic carbocycles. The molecule has 1 aromatic carbocycles. The minimum atomic E-state index is -5.03. The Bertz CT molecular complexity index is 334. The van der Waals surface area contributed by atoms with E-state index in [1.807, 2.05) is 6.92 Å². The van der Waals surface area contributed by atoms with E-state index in [4.69, 9.17) is 9.47 Å². The molecule has 0 atom stereocenters. The summed E-state index contributed by atoms with van der Waals surface area (Å²) in [6.07, 6.45) is 0. The van der Waals surface area contributed by atoms with Gasteiger partial charge in [0.05, 0.1) is 12.4 Å². The second-order valence-electron chi connectivity index (χ2n) is 3.16. The maximum Gasteiger partial charge on any atom is 1.00 e. The Kier molecular flexibility index (Phi) is 8.79. The van der Waals surface area contributed by atoms with E-state index >= 15 is 0 Å². The first kappa shape index (κ1) is 17.5. The molecular formula is C10H13BF3KO2. The van der Waals surface area contributed by atoms with Crippen LogP contribution in [-0.4, -0.2) is 26.8 Å². The zero-order chi connectivity index (χ0) is 12.0. The van der Waals surface area contributed by atoms with Crippen LogP contribution in [-0.2, 0) is 4.74 Å². The Morgan fingerprint density at radius 2 is 1.76 bits per heavy atom. The fourth-order valence-electron chi connectivity index (χ4n) is 1.24. The van der Waals surface area contributed by atoms with Gasteiger partial charge in [0.15, 0.2) is 0 Å². The molecule has 0 bridgehead atoms. The summed E-state index contributed by atoms with van der Waals surface area (Å²) in [5.41, 5.74) is -0.695. The molecule has 0 aliphatic heterocycles. The second-order valence-corrected chi connectivity index (χ2v) is 3.16. The van der Waals surface area contributed by atoms with E-state index in [9.17, 15) is 12.9 Å². The summed E-state index contributed by atoms with van der Waals surface area (Å²) in [7, 11) is 0. The quantitative estimate of drug-likeness (QED) is 0.496. The van der Waals surface area contributed by atoms with Crippen molar-refractivity contribution < 1.29 is 73.8 Å². The van der Waals surface area contributed by atoms with E-state index in [0.29, 0.717) is 6.61 Å². The summed E-state index contributed by atoms with van der Waals surface area (Å²) in [5, 5.41) is 0. The van der Waals surface area contributed by atoms with E-state index in [1.165, 1.54) is 18.2 Å². The molecule has 0 aromatic heterocycles. The molecule has 0 fully saturated rings. The van der Waals surface area contributed by atoms with Crippen molar-refractivity contribution in [3.8, 4) is 5.75 Å². The van der Waals surface area contributed by atoms with Gasteiger partial charge in [-0.2, -0.15) is 0 Å². The SMILES string of the molecule is CCOCCOc1ccccc1[B-](F)(F)F.[K+]. The molecule has 17 heavy (non-hydrogen) atoms. The van der Waals surface area contributed by atoms with Crippen LogP contribution in [0.25, 0.3) is 0 Å². The van der Waals surface area contributed by atoms with E-state index in [-0.39, 0.29) is 70.3 Å². The van der Waals surface area contributed by atoms with Crippen LogP contribution in [0.15, 0.2) is 24.3 Å². The van der Waals surface area contributed by atoms with Gasteiger partial charge < -0.3 is 22.4 Å². The minimum absolute atomic E-state index is 0. The van der Waals surface area contributed by atoms with Crippen molar-refractivity contribution in [2.45, 2.75) is 6.92 Å². The number of ether oxygens (including phenoxy) is 2. The maximum absolute atomic E-state index is 12.6. The topological polar surface area (TPSA) is 18.5 Å². The second kappa shape index (κ2) is 8.55. The Morgan fingerprint density at radius 1 is 1.12 bits per heavy atom. The number of hydrogen-bond acceptors (Lipinski definition) is 2. The van der Waals surface area contributed by atoms with Crippen LogP contribution in [0.3, 0.4) is 0 Å². The van der Waals surface area contributed by atoms with Crippen LogP contribution >= 0.6 is 0 Å². The summed E-state index contributed by atoms with van der Waals surface area (Å²) < 4.78 is 47.7. The molecule has 7 heteroatoms. The van der Waals surface area contributed by atoms with Gasteiger partial charge in [-0.25, -0.2) is 0 Å². The Labute approximate surface area is 141 Å². The molecular weight excluding hydrogens is 259 g/mol. The monoisotopic (exact) mass is 272 g/mol. The molecule has 0 saturated carbocycles. The summed E-state index contributed by atoms with van der Waals surface area (Å²) in [6, 6.07) is 5.20. The average Bonchev–Trinajstić information content (AvgIpc) is 2.24. The summed E-state index contributed by atoms with van der Waals surface area (Å²) in [6.45, 7) is -2.28. The van der Waals surface area contributed by atoms with Crippen molar-refractivity contribution in [2.24, 2.45) is 0 Å². The van der Waals surface area contributed by atoms with Gasteiger partial charge in [-0.1, -0.05) is 23.7 Å². The molecule has 1 aromatic rings. The van der Waals surface area contributed by atoms with Crippen LogP contribution in [0.2, 0.25) is 0 Å². The van der Waals surface area contributed by atoms with Gasteiger partial charge in [0.1, 0.15) is 6.61 Å². The predicted molar refractivity (Wildman–Crippen MR) is 57.1 cm³/mol. The van der Waals surface area contributed by atoms with E-state index in [1.54, 1.807) is 0 Å². The molecule has 0 saturated heterocycles. The third-order valence-electron chi connectivity index (χ3n) is 1.96. The van der Waals surface area contributed by atoms with Crippen molar-refractivity contribution in [1.29, 1.82) is 0 Å². The average molecular weight is 272 g/mol. The maximum atomic E-state index is 12.6. The van der Waals surface area contributed by atoms with E-state index < -0.39 is 12.4 Å². The van der Waals surface area contributed by atoms with Crippen molar-refractivity contribution in [3.05, 3.63) is 24.3 Å². The number of benzene rings is 1. The van der Waals surface area contributed by atoms with Crippen molar-refractivity contribution in [3.63, 3.8) is 0 Å². The fourth-order valence-corrected chi connectivity index (χ4v) is 1.24. The van der Waals surface area contributed by atoms with Gasteiger partial charge in [0.2, 0.25) is 0 Å². The Hall–Kier alpha value is 0.471. The molecule has 2 nitrogen and oxygen atoms in total. The third kappa shape index (κ3) is 6.26. The molecule has 90 valence electrons. The normalized spacial score (nSPS) is 10.8. The fraction of sp³-hybridized carbons (Fsp3) is 0.400. The first-order valence-corrected chi connectivity index (χ1v) is 5.05. The molecule has 0 unspecified atom stereocenters. The third-order valence-corrected chi connectivity index (χ3v) is 1.96. The van der Waals surface area contributed by atoms with Crippen molar-refractivity contribution in [1.82, 2.24) is 0 Å². The van der Waals surface area contributed by atoms with E-state index in [2.05, 4.69) is 0 Å². The van der Waals surface area contributed by atoms with Crippen LogP contribution in [0, 0.1) is 0 Å². The van der Waals surface area contributed by atoms with Crippen molar-refractivity contribution in [2.75, 3.05) is 19.8 Å². The number of hydrogen-bond donors (Lipinski definition) is 0. The van der Waals surface area contributed by atoms with Crippen LogP contribution < -0.4 is 61.6 Å². The Balaban J connectivity index is 0.00000256. The molecule has 0 spiro atoms. The standard InChI is InChI=1S/C10H13BF3O2.K/c1-2-15-7-8-16-10-6-4-3-5-9(10)11(12,13)14;/h3-6H,2,7-8H2,1H3;/q-1;+1. The smallest absolute Gasteiger partial charge is 0.494 e. The molecule has 0 N–H and O–H groups in total. The molecule has 0 amide bonds. The molecule has 0 radical (unpaired) electrons. The molecule has 0 aliphatic rings. The molecule has 1 rings (SSSR count). The summed E-state index contributed by atoms with van der Waals surface area (Å²) in [5.74, 6) is -0.130. The first-order valence-electron chi connectivity index (χ1n) is 5.05. The molecule has 0 heterocycles. The van der Waals surface area contributed by atoms with Gasteiger partial charge in [0, 0.05) is 6.61 Å². The van der Waals surface area contributed by atoms with Crippen molar-refractivity contribution >= 4 is 12.4 Å². The summed E-state index contributed by atoms with van der Waals surface area (Å²) >= 11 is 0. The summed E-state index contributed by atoms with van der Waals surface area (Å²) in [4.78, 5) is 0. The van der Waals surface area contributed by atoms with Crippen LogP contribution in [0.1, 0.15) is 6.92 Å². The predicted octanol–water partition coefficient (Wildman–Crippen LogP) is -0.840. The van der Waals surface area contributed by atoms with Gasteiger partial charge in [0.25, 0.3) is 0 Å². The van der Waals surface area contributed by atoms with Gasteiger partial charge in [-0.05, 0) is 13.0 Å².